The van der Waals surface area contributed by atoms with Gasteiger partial charge < -0.3 is 10.1 Å². The lowest BCUT2D eigenvalue weighted by Gasteiger charge is -2.08. The zero-order valence-electron chi connectivity index (χ0n) is 14.7. The molecule has 3 rings (SSSR count). The number of nitrogens with zero attached hydrogens (tertiary/aromatic N) is 2. The summed E-state index contributed by atoms with van der Waals surface area (Å²) >= 11 is 3.42. The van der Waals surface area contributed by atoms with Crippen molar-refractivity contribution in [3.05, 3.63) is 76.0 Å². The van der Waals surface area contributed by atoms with Crippen molar-refractivity contribution in [3.8, 4) is 11.4 Å². The molecule has 0 unspecified atom stereocenters. The highest BCUT2D eigenvalue weighted by molar-refractivity contribution is 9.10. The van der Waals surface area contributed by atoms with E-state index < -0.39 is 0 Å². The lowest BCUT2D eigenvalue weighted by atomic mass is 10.2. The first-order valence-corrected chi connectivity index (χ1v) is 9.18. The zero-order chi connectivity index (χ0) is 18.5. The van der Waals surface area contributed by atoms with E-state index in [0.29, 0.717) is 18.7 Å². The van der Waals surface area contributed by atoms with Gasteiger partial charge in [-0.15, -0.1) is 0 Å². The molecular weight excluding hydrogens is 394 g/mol. The highest BCUT2D eigenvalue weighted by atomic mass is 79.9. The molecule has 3 aromatic rings. The van der Waals surface area contributed by atoms with Gasteiger partial charge in [0.1, 0.15) is 5.75 Å². The van der Waals surface area contributed by atoms with Crippen molar-refractivity contribution in [2.75, 3.05) is 6.61 Å². The number of rotatable bonds is 6. The van der Waals surface area contributed by atoms with Crippen molar-refractivity contribution >= 4 is 21.8 Å². The van der Waals surface area contributed by atoms with Gasteiger partial charge in [0, 0.05) is 11.0 Å². The van der Waals surface area contributed by atoms with Crippen LogP contribution in [0.3, 0.4) is 0 Å². The maximum absolute atomic E-state index is 12.5. The fourth-order valence-electron chi connectivity index (χ4n) is 2.66. The van der Waals surface area contributed by atoms with E-state index in [0.717, 1.165) is 27.2 Å². The van der Waals surface area contributed by atoms with Gasteiger partial charge in [-0.05, 0) is 55.8 Å². The van der Waals surface area contributed by atoms with E-state index in [1.807, 2.05) is 62.4 Å². The second kappa shape index (κ2) is 8.19. The largest absolute Gasteiger partial charge is 0.494 e. The van der Waals surface area contributed by atoms with Gasteiger partial charge in [0.05, 0.1) is 29.7 Å². The standard InChI is InChI=1S/C20H20BrN3O2/c1-3-26-18-6-4-5-15(11-18)12-22-20(25)19-13-23-24(14(19)2)17-9-7-16(21)8-10-17/h4-11,13H,3,12H2,1-2H3,(H,22,25). The Morgan fingerprint density at radius 3 is 2.73 bits per heavy atom. The maximum Gasteiger partial charge on any atom is 0.255 e. The molecule has 0 atom stereocenters. The first kappa shape index (κ1) is 18.2. The van der Waals surface area contributed by atoms with Crippen LogP contribution >= 0.6 is 15.9 Å². The van der Waals surface area contributed by atoms with Crippen LogP contribution in [0.4, 0.5) is 0 Å². The summed E-state index contributed by atoms with van der Waals surface area (Å²) in [5.74, 6) is 0.658. The van der Waals surface area contributed by atoms with Crippen LogP contribution in [0.1, 0.15) is 28.5 Å². The molecule has 0 saturated heterocycles. The monoisotopic (exact) mass is 413 g/mol. The van der Waals surface area contributed by atoms with E-state index in [1.54, 1.807) is 10.9 Å². The number of benzene rings is 2. The number of amides is 1. The Morgan fingerprint density at radius 2 is 2.00 bits per heavy atom. The minimum Gasteiger partial charge on any atom is -0.494 e. The highest BCUT2D eigenvalue weighted by Crippen LogP contribution is 2.18. The Bertz CT molecular complexity index is 904. The zero-order valence-corrected chi connectivity index (χ0v) is 16.3. The van der Waals surface area contributed by atoms with Crippen LogP contribution in [0.25, 0.3) is 5.69 Å². The number of nitrogens with one attached hydrogen (secondary N) is 1. The Hall–Kier alpha value is -2.60. The number of halogens is 1. The van der Waals surface area contributed by atoms with Crippen LogP contribution in [0, 0.1) is 6.92 Å². The molecule has 0 bridgehead atoms. The van der Waals surface area contributed by atoms with Crippen molar-refractivity contribution in [3.63, 3.8) is 0 Å². The third kappa shape index (κ3) is 4.14. The number of hydrogen-bond acceptors (Lipinski definition) is 3. The van der Waals surface area contributed by atoms with Crippen molar-refractivity contribution in [1.29, 1.82) is 0 Å². The van der Waals surface area contributed by atoms with E-state index in [1.165, 1.54) is 0 Å². The quantitative estimate of drug-likeness (QED) is 0.656. The van der Waals surface area contributed by atoms with Gasteiger partial charge in [0.25, 0.3) is 5.91 Å². The minimum atomic E-state index is -0.146. The summed E-state index contributed by atoms with van der Waals surface area (Å²) in [5.41, 5.74) is 3.26. The Labute approximate surface area is 161 Å². The molecule has 134 valence electrons. The van der Waals surface area contributed by atoms with E-state index in [2.05, 4.69) is 26.3 Å². The lowest BCUT2D eigenvalue weighted by molar-refractivity contribution is 0.0950. The fraction of sp³-hybridized carbons (Fsp3) is 0.200. The van der Waals surface area contributed by atoms with Crippen LogP contribution in [-0.2, 0) is 6.54 Å². The summed E-state index contributed by atoms with van der Waals surface area (Å²) < 4.78 is 8.25. The van der Waals surface area contributed by atoms with E-state index >= 15 is 0 Å². The van der Waals surface area contributed by atoms with E-state index in [4.69, 9.17) is 4.74 Å². The molecule has 1 amide bonds. The number of ether oxygens (including phenoxy) is 1. The van der Waals surface area contributed by atoms with Crippen molar-refractivity contribution < 1.29 is 9.53 Å². The summed E-state index contributed by atoms with van der Waals surface area (Å²) in [5, 5.41) is 7.29. The molecule has 0 aliphatic rings. The lowest BCUT2D eigenvalue weighted by Crippen LogP contribution is -2.23. The normalized spacial score (nSPS) is 10.6. The molecule has 0 saturated carbocycles. The Kier molecular flexibility index (Phi) is 5.73. The molecule has 1 aromatic heterocycles. The number of aromatic nitrogens is 2. The van der Waals surface area contributed by atoms with Gasteiger partial charge in [-0.3, -0.25) is 4.79 Å². The topological polar surface area (TPSA) is 56.1 Å². The molecule has 1 heterocycles. The van der Waals surface area contributed by atoms with Gasteiger partial charge in [-0.1, -0.05) is 28.1 Å². The molecule has 2 aromatic carbocycles. The molecule has 0 aliphatic carbocycles. The maximum atomic E-state index is 12.5. The average Bonchev–Trinajstić information content (AvgIpc) is 3.03. The highest BCUT2D eigenvalue weighted by Gasteiger charge is 2.15. The van der Waals surface area contributed by atoms with Crippen LogP contribution in [0.5, 0.6) is 5.75 Å². The Balaban J connectivity index is 1.71. The second-order valence-corrected chi connectivity index (χ2v) is 6.71. The molecule has 0 fully saturated rings. The van der Waals surface area contributed by atoms with Gasteiger partial charge in [-0.25, -0.2) is 4.68 Å². The first-order valence-electron chi connectivity index (χ1n) is 8.39. The second-order valence-electron chi connectivity index (χ2n) is 5.79. The molecule has 26 heavy (non-hydrogen) atoms. The van der Waals surface area contributed by atoms with E-state index in [-0.39, 0.29) is 5.91 Å². The summed E-state index contributed by atoms with van der Waals surface area (Å²) in [7, 11) is 0. The van der Waals surface area contributed by atoms with Crippen LogP contribution in [0.2, 0.25) is 0 Å². The summed E-state index contributed by atoms with van der Waals surface area (Å²) in [6.45, 7) is 4.88. The Morgan fingerprint density at radius 1 is 1.23 bits per heavy atom. The molecule has 0 spiro atoms. The molecular formula is C20H20BrN3O2. The third-order valence-electron chi connectivity index (χ3n) is 3.99. The van der Waals surface area contributed by atoms with Crippen molar-refractivity contribution in [2.24, 2.45) is 0 Å². The number of carbonyl (C=O) groups excluding carboxylic acids is 1. The van der Waals surface area contributed by atoms with Crippen LogP contribution in [0.15, 0.2) is 59.2 Å². The number of hydrogen-bond donors (Lipinski definition) is 1. The predicted molar refractivity (Wildman–Crippen MR) is 105 cm³/mol. The summed E-state index contributed by atoms with van der Waals surface area (Å²) in [6.07, 6.45) is 1.60. The summed E-state index contributed by atoms with van der Waals surface area (Å²) in [6, 6.07) is 15.5. The van der Waals surface area contributed by atoms with Gasteiger partial charge in [-0.2, -0.15) is 5.10 Å². The molecule has 0 radical (unpaired) electrons. The SMILES string of the molecule is CCOc1cccc(CNC(=O)c2cnn(-c3ccc(Br)cc3)c2C)c1. The molecule has 5 nitrogen and oxygen atoms in total. The predicted octanol–water partition coefficient (Wildman–Crippen LogP) is 4.27. The smallest absolute Gasteiger partial charge is 0.255 e. The molecule has 0 aliphatic heterocycles. The third-order valence-corrected chi connectivity index (χ3v) is 4.52. The summed E-state index contributed by atoms with van der Waals surface area (Å²) in [4.78, 5) is 12.5. The van der Waals surface area contributed by atoms with Gasteiger partial charge in [0.15, 0.2) is 0 Å². The average molecular weight is 414 g/mol. The molecule has 1 N–H and O–H groups in total. The van der Waals surface area contributed by atoms with Gasteiger partial charge in [0.2, 0.25) is 0 Å². The van der Waals surface area contributed by atoms with E-state index in [9.17, 15) is 4.79 Å². The number of carbonyl (C=O) groups is 1. The van der Waals surface area contributed by atoms with Crippen molar-refractivity contribution in [1.82, 2.24) is 15.1 Å². The van der Waals surface area contributed by atoms with Crippen molar-refractivity contribution in [2.45, 2.75) is 20.4 Å². The minimum absolute atomic E-state index is 0.146. The first-order chi connectivity index (χ1) is 12.6. The van der Waals surface area contributed by atoms with Gasteiger partial charge >= 0.3 is 0 Å². The van der Waals surface area contributed by atoms with Crippen LogP contribution in [-0.4, -0.2) is 22.3 Å². The van der Waals surface area contributed by atoms with Crippen LogP contribution < -0.4 is 10.1 Å². The molecule has 6 heteroatoms. The fourth-order valence-corrected chi connectivity index (χ4v) is 2.93.